The van der Waals surface area contributed by atoms with Gasteiger partial charge in [0.1, 0.15) is 5.54 Å². The highest BCUT2D eigenvalue weighted by Crippen LogP contribution is 2.27. The molecule has 114 valence electrons. The van der Waals surface area contributed by atoms with Gasteiger partial charge in [0.2, 0.25) is 11.8 Å². The lowest BCUT2D eigenvalue weighted by Gasteiger charge is -2.43. The molecule has 1 aliphatic heterocycles. The van der Waals surface area contributed by atoms with E-state index in [-0.39, 0.29) is 18.4 Å². The number of hydrogen-bond acceptors (Lipinski definition) is 2. The van der Waals surface area contributed by atoms with Crippen molar-refractivity contribution in [1.29, 1.82) is 0 Å². The maximum Gasteiger partial charge on any atom is 0.246 e. The van der Waals surface area contributed by atoms with E-state index in [1.54, 1.807) is 4.90 Å². The lowest BCUT2D eigenvalue weighted by atomic mass is 9.90. The average molecular weight is 288 g/mol. The van der Waals surface area contributed by atoms with Crippen molar-refractivity contribution in [3.63, 3.8) is 0 Å². The Labute approximate surface area is 126 Å². The summed E-state index contributed by atoms with van der Waals surface area (Å²) in [7, 11) is 0. The molecule has 1 atom stereocenters. The third-order valence-electron chi connectivity index (χ3n) is 4.63. The molecule has 1 N–H and O–H groups in total. The van der Waals surface area contributed by atoms with Gasteiger partial charge in [0.25, 0.3) is 0 Å². The van der Waals surface area contributed by atoms with E-state index in [0.717, 1.165) is 5.56 Å². The third kappa shape index (κ3) is 2.67. The summed E-state index contributed by atoms with van der Waals surface area (Å²) in [5.74, 6) is -0.0784. The van der Waals surface area contributed by atoms with E-state index in [0.29, 0.717) is 13.0 Å². The Hall–Kier alpha value is -1.84. The van der Waals surface area contributed by atoms with Crippen molar-refractivity contribution >= 4 is 11.8 Å². The molecule has 4 nitrogen and oxygen atoms in total. The van der Waals surface area contributed by atoms with Crippen molar-refractivity contribution in [2.75, 3.05) is 6.54 Å². The molecule has 1 aliphatic rings. The van der Waals surface area contributed by atoms with Crippen LogP contribution in [0.25, 0.3) is 0 Å². The van der Waals surface area contributed by atoms with E-state index >= 15 is 0 Å². The summed E-state index contributed by atoms with van der Waals surface area (Å²) in [5, 5.41) is 2.70. The Morgan fingerprint density at radius 3 is 2.29 bits per heavy atom. The zero-order valence-electron chi connectivity index (χ0n) is 13.5. The lowest BCUT2D eigenvalue weighted by Crippen LogP contribution is -2.65. The quantitative estimate of drug-likeness (QED) is 0.927. The fourth-order valence-corrected chi connectivity index (χ4v) is 3.07. The van der Waals surface area contributed by atoms with E-state index in [1.807, 2.05) is 13.8 Å². The fourth-order valence-electron chi connectivity index (χ4n) is 3.07. The van der Waals surface area contributed by atoms with Crippen LogP contribution in [0, 0.1) is 20.8 Å². The zero-order valence-corrected chi connectivity index (χ0v) is 13.5. The third-order valence-corrected chi connectivity index (χ3v) is 4.63. The van der Waals surface area contributed by atoms with Gasteiger partial charge in [-0.05, 0) is 50.8 Å². The van der Waals surface area contributed by atoms with Crippen LogP contribution in [0.2, 0.25) is 0 Å². The van der Waals surface area contributed by atoms with Gasteiger partial charge in [0, 0.05) is 6.54 Å². The minimum Gasteiger partial charge on any atom is -0.345 e. The molecule has 4 heteroatoms. The van der Waals surface area contributed by atoms with Crippen LogP contribution < -0.4 is 5.32 Å². The van der Waals surface area contributed by atoms with Gasteiger partial charge in [-0.1, -0.05) is 24.6 Å². The van der Waals surface area contributed by atoms with E-state index in [9.17, 15) is 9.59 Å². The van der Waals surface area contributed by atoms with Crippen LogP contribution in [0.5, 0.6) is 0 Å². The molecule has 0 radical (unpaired) electrons. The molecule has 21 heavy (non-hydrogen) atoms. The van der Waals surface area contributed by atoms with E-state index in [1.165, 1.54) is 16.7 Å². The van der Waals surface area contributed by atoms with Gasteiger partial charge in [-0.15, -0.1) is 0 Å². The van der Waals surface area contributed by atoms with E-state index in [4.69, 9.17) is 0 Å². The van der Waals surface area contributed by atoms with Crippen LogP contribution in [0.15, 0.2) is 12.1 Å². The number of nitrogens with one attached hydrogen (secondary N) is 1. The average Bonchev–Trinajstić information content (AvgIpc) is 2.41. The van der Waals surface area contributed by atoms with Gasteiger partial charge in [-0.2, -0.15) is 0 Å². The van der Waals surface area contributed by atoms with Crippen molar-refractivity contribution in [1.82, 2.24) is 10.2 Å². The van der Waals surface area contributed by atoms with Gasteiger partial charge >= 0.3 is 0 Å². The molecule has 1 aromatic carbocycles. The van der Waals surface area contributed by atoms with Gasteiger partial charge in [0.05, 0.1) is 6.54 Å². The number of carbonyl (C=O) groups is 2. The molecule has 0 aliphatic carbocycles. The molecular formula is C17H24N2O2. The normalized spacial score (nSPS) is 22.4. The maximum absolute atomic E-state index is 12.3. The number of amides is 2. The number of nitrogens with zero attached hydrogens (tertiary/aromatic N) is 1. The number of aryl methyl sites for hydroxylation is 3. The molecule has 0 saturated carbocycles. The Kier molecular flexibility index (Phi) is 4.08. The summed E-state index contributed by atoms with van der Waals surface area (Å²) in [5.41, 5.74) is 3.94. The molecule has 0 aromatic heterocycles. The number of piperazine rings is 1. The summed E-state index contributed by atoms with van der Waals surface area (Å²) in [6.45, 7) is 10.6. The molecular weight excluding hydrogens is 264 g/mol. The Bertz CT molecular complexity index is 571. The summed E-state index contributed by atoms with van der Waals surface area (Å²) >= 11 is 0. The molecule has 1 unspecified atom stereocenters. The predicted molar refractivity (Wildman–Crippen MR) is 82.9 cm³/mol. The van der Waals surface area contributed by atoms with Crippen LogP contribution in [-0.2, 0) is 16.1 Å². The molecule has 2 amide bonds. The first-order valence-electron chi connectivity index (χ1n) is 7.45. The SMILES string of the molecule is CCC1(C)C(=O)NCC(=O)N1Cc1c(C)cc(C)cc1C. The lowest BCUT2D eigenvalue weighted by molar-refractivity contribution is -0.153. The van der Waals surface area contributed by atoms with Crippen LogP contribution >= 0.6 is 0 Å². The van der Waals surface area contributed by atoms with Crippen LogP contribution in [0.4, 0.5) is 0 Å². The molecule has 1 fully saturated rings. The Morgan fingerprint density at radius 2 is 1.76 bits per heavy atom. The first-order chi connectivity index (χ1) is 9.79. The minimum absolute atomic E-state index is 0.0154. The maximum atomic E-state index is 12.3. The monoisotopic (exact) mass is 288 g/mol. The van der Waals surface area contributed by atoms with Crippen molar-refractivity contribution in [3.05, 3.63) is 34.4 Å². The summed E-state index contributed by atoms with van der Waals surface area (Å²) in [6.07, 6.45) is 0.606. The van der Waals surface area contributed by atoms with Crippen molar-refractivity contribution in [2.24, 2.45) is 0 Å². The first kappa shape index (κ1) is 15.5. The predicted octanol–water partition coefficient (Wildman–Crippen LogP) is 2.24. The molecule has 1 saturated heterocycles. The van der Waals surface area contributed by atoms with Crippen LogP contribution in [0.3, 0.4) is 0 Å². The van der Waals surface area contributed by atoms with Crippen molar-refractivity contribution in [2.45, 2.75) is 53.1 Å². The minimum atomic E-state index is -0.765. The van der Waals surface area contributed by atoms with Gasteiger partial charge in [-0.3, -0.25) is 9.59 Å². The van der Waals surface area contributed by atoms with Crippen molar-refractivity contribution in [3.8, 4) is 0 Å². The van der Waals surface area contributed by atoms with Gasteiger partial charge in [0.15, 0.2) is 0 Å². The summed E-state index contributed by atoms with van der Waals surface area (Å²) in [6, 6.07) is 4.25. The van der Waals surface area contributed by atoms with E-state index in [2.05, 4.69) is 38.2 Å². The number of hydrogen-bond donors (Lipinski definition) is 1. The van der Waals surface area contributed by atoms with Gasteiger partial charge in [-0.25, -0.2) is 0 Å². The van der Waals surface area contributed by atoms with Crippen LogP contribution in [-0.4, -0.2) is 28.8 Å². The highest BCUT2D eigenvalue weighted by molar-refractivity contribution is 5.97. The number of benzene rings is 1. The second-order valence-electron chi connectivity index (χ2n) is 6.17. The molecule has 1 aromatic rings. The molecule has 0 spiro atoms. The fraction of sp³-hybridized carbons (Fsp3) is 0.529. The summed E-state index contributed by atoms with van der Waals surface area (Å²) < 4.78 is 0. The van der Waals surface area contributed by atoms with E-state index < -0.39 is 5.54 Å². The largest absolute Gasteiger partial charge is 0.345 e. The Balaban J connectivity index is 2.41. The highest BCUT2D eigenvalue weighted by atomic mass is 16.2. The second-order valence-corrected chi connectivity index (χ2v) is 6.17. The zero-order chi connectivity index (χ0) is 15.8. The Morgan fingerprint density at radius 1 is 1.19 bits per heavy atom. The number of carbonyl (C=O) groups excluding carboxylic acids is 2. The first-order valence-corrected chi connectivity index (χ1v) is 7.45. The molecule has 2 rings (SSSR count). The highest BCUT2D eigenvalue weighted by Gasteiger charge is 2.44. The standard InChI is InChI=1S/C17H24N2O2/c1-6-17(5)16(21)18-9-15(20)19(17)10-14-12(3)7-11(2)8-13(14)4/h7-8H,6,9-10H2,1-5H3,(H,18,21). The van der Waals surface area contributed by atoms with Crippen molar-refractivity contribution < 1.29 is 9.59 Å². The smallest absolute Gasteiger partial charge is 0.246 e. The molecule has 1 heterocycles. The molecule has 0 bridgehead atoms. The topological polar surface area (TPSA) is 49.4 Å². The van der Waals surface area contributed by atoms with Gasteiger partial charge < -0.3 is 10.2 Å². The summed E-state index contributed by atoms with van der Waals surface area (Å²) in [4.78, 5) is 26.3. The van der Waals surface area contributed by atoms with Crippen LogP contribution in [0.1, 0.15) is 42.5 Å². The second kappa shape index (κ2) is 5.51. The number of rotatable bonds is 3.